The van der Waals surface area contributed by atoms with Crippen molar-refractivity contribution in [2.24, 2.45) is 0 Å². The van der Waals surface area contributed by atoms with Crippen LogP contribution in [0.3, 0.4) is 0 Å². The third kappa shape index (κ3) is 1.89. The molecule has 1 heterocycles. The van der Waals surface area contributed by atoms with Crippen LogP contribution in [0.15, 0.2) is 36.0 Å². The van der Waals surface area contributed by atoms with Crippen molar-refractivity contribution in [1.29, 1.82) is 0 Å². The molecular formula is C11H15NO. The van der Waals surface area contributed by atoms with Gasteiger partial charge in [-0.3, -0.25) is 4.79 Å². The summed E-state index contributed by atoms with van der Waals surface area (Å²) >= 11 is 0. The topological polar surface area (TPSA) is 20.3 Å². The summed E-state index contributed by atoms with van der Waals surface area (Å²) < 4.78 is 0. The highest BCUT2D eigenvalue weighted by molar-refractivity contribution is 5.98. The minimum Gasteiger partial charge on any atom is -0.341 e. The molecule has 1 rings (SSSR count). The molecule has 2 nitrogen and oxygen atoms in total. The van der Waals surface area contributed by atoms with E-state index in [1.54, 1.807) is 11.0 Å². The Morgan fingerprint density at radius 1 is 1.54 bits per heavy atom. The maximum atomic E-state index is 11.6. The Bertz CT molecular complexity index is 286. The van der Waals surface area contributed by atoms with E-state index in [4.69, 9.17) is 0 Å². The second kappa shape index (κ2) is 4.08. The largest absolute Gasteiger partial charge is 0.341 e. The highest BCUT2D eigenvalue weighted by Gasteiger charge is 2.20. The van der Waals surface area contributed by atoms with Gasteiger partial charge in [-0.15, -0.1) is 0 Å². The van der Waals surface area contributed by atoms with Crippen LogP contribution in [-0.2, 0) is 4.79 Å². The highest BCUT2D eigenvalue weighted by Crippen LogP contribution is 2.19. The van der Waals surface area contributed by atoms with Crippen LogP contribution < -0.4 is 0 Å². The zero-order valence-corrected chi connectivity index (χ0v) is 8.21. The molecule has 0 radical (unpaired) electrons. The standard InChI is InChI=1S/C11H15NO/c1-4-6-9-7-8-12(3)11(13)10(9)5-2/h4-6H,2,7-8H2,1,3H3. The summed E-state index contributed by atoms with van der Waals surface area (Å²) in [6, 6.07) is 0. The molecule has 2 heteroatoms. The van der Waals surface area contributed by atoms with Crippen LogP contribution in [0.2, 0.25) is 0 Å². The second-order valence-electron chi connectivity index (χ2n) is 3.12. The highest BCUT2D eigenvalue weighted by atomic mass is 16.2. The summed E-state index contributed by atoms with van der Waals surface area (Å²) in [4.78, 5) is 13.3. The van der Waals surface area contributed by atoms with Gasteiger partial charge in [0.05, 0.1) is 0 Å². The maximum Gasteiger partial charge on any atom is 0.253 e. The van der Waals surface area contributed by atoms with Crippen LogP contribution in [0, 0.1) is 0 Å². The summed E-state index contributed by atoms with van der Waals surface area (Å²) in [5, 5.41) is 0. The molecule has 0 saturated heterocycles. The molecule has 0 aromatic heterocycles. The molecule has 0 atom stereocenters. The average Bonchev–Trinajstić information content (AvgIpc) is 2.12. The van der Waals surface area contributed by atoms with Crippen LogP contribution in [0.1, 0.15) is 13.3 Å². The summed E-state index contributed by atoms with van der Waals surface area (Å²) in [5.41, 5.74) is 1.84. The van der Waals surface area contributed by atoms with Gasteiger partial charge in [0.15, 0.2) is 0 Å². The van der Waals surface area contributed by atoms with Crippen LogP contribution in [-0.4, -0.2) is 24.4 Å². The lowest BCUT2D eigenvalue weighted by Gasteiger charge is -2.24. The molecule has 13 heavy (non-hydrogen) atoms. The quantitative estimate of drug-likeness (QED) is 0.631. The first-order valence-electron chi connectivity index (χ1n) is 4.44. The van der Waals surface area contributed by atoms with E-state index in [0.29, 0.717) is 0 Å². The van der Waals surface area contributed by atoms with Gasteiger partial charge in [0.25, 0.3) is 5.91 Å². The third-order valence-electron chi connectivity index (χ3n) is 2.21. The number of nitrogens with zero attached hydrogens (tertiary/aromatic N) is 1. The molecule has 1 aliphatic heterocycles. The van der Waals surface area contributed by atoms with Gasteiger partial charge in [0, 0.05) is 19.2 Å². The fraction of sp³-hybridized carbons (Fsp3) is 0.364. The van der Waals surface area contributed by atoms with Crippen molar-refractivity contribution in [1.82, 2.24) is 4.90 Å². The fourth-order valence-electron chi connectivity index (χ4n) is 1.46. The lowest BCUT2D eigenvalue weighted by atomic mass is 9.99. The molecule has 0 N–H and O–H groups in total. The summed E-state index contributed by atoms with van der Waals surface area (Å²) in [7, 11) is 1.82. The molecule has 0 fully saturated rings. The monoisotopic (exact) mass is 177 g/mol. The predicted molar refractivity (Wildman–Crippen MR) is 54.3 cm³/mol. The number of likely N-dealkylation sites (N-methyl/N-ethyl adjacent to an activating group) is 1. The Labute approximate surface area is 79.2 Å². The normalized spacial score (nSPS) is 18.6. The SMILES string of the molecule is C=CC1=C(C=CC)CCN(C)C1=O. The third-order valence-corrected chi connectivity index (χ3v) is 2.21. The van der Waals surface area contributed by atoms with Crippen molar-refractivity contribution >= 4 is 5.91 Å². The zero-order chi connectivity index (χ0) is 9.84. The van der Waals surface area contributed by atoms with Crippen LogP contribution in [0.25, 0.3) is 0 Å². The predicted octanol–water partition coefficient (Wildman–Crippen LogP) is 1.91. The molecule has 70 valence electrons. The molecule has 0 aromatic rings. The molecule has 0 spiro atoms. The number of amides is 1. The Morgan fingerprint density at radius 3 is 2.77 bits per heavy atom. The molecule has 1 aliphatic rings. The van der Waals surface area contributed by atoms with Gasteiger partial charge >= 0.3 is 0 Å². The van der Waals surface area contributed by atoms with E-state index in [2.05, 4.69) is 6.58 Å². The van der Waals surface area contributed by atoms with Gasteiger partial charge < -0.3 is 4.90 Å². The van der Waals surface area contributed by atoms with Gasteiger partial charge in [0.1, 0.15) is 0 Å². The Kier molecular flexibility index (Phi) is 3.07. The summed E-state index contributed by atoms with van der Waals surface area (Å²) in [6.45, 7) is 6.42. The van der Waals surface area contributed by atoms with Gasteiger partial charge in [-0.1, -0.05) is 24.8 Å². The lowest BCUT2D eigenvalue weighted by Crippen LogP contribution is -2.33. The molecule has 0 saturated carbocycles. The lowest BCUT2D eigenvalue weighted by molar-refractivity contribution is -0.126. The number of allylic oxidation sites excluding steroid dienone is 2. The number of carbonyl (C=O) groups excluding carboxylic acids is 1. The number of hydrogen-bond acceptors (Lipinski definition) is 1. The van der Waals surface area contributed by atoms with E-state index in [9.17, 15) is 4.79 Å². The Hall–Kier alpha value is -1.31. The van der Waals surface area contributed by atoms with Crippen molar-refractivity contribution in [3.05, 3.63) is 36.0 Å². The van der Waals surface area contributed by atoms with Crippen LogP contribution >= 0.6 is 0 Å². The molecule has 0 unspecified atom stereocenters. The van der Waals surface area contributed by atoms with Crippen molar-refractivity contribution in [3.8, 4) is 0 Å². The fourth-order valence-corrected chi connectivity index (χ4v) is 1.46. The van der Waals surface area contributed by atoms with Gasteiger partial charge in [0.2, 0.25) is 0 Å². The Balaban J connectivity index is 3.06. The second-order valence-corrected chi connectivity index (χ2v) is 3.12. The molecule has 0 aromatic carbocycles. The van der Waals surface area contributed by atoms with E-state index in [0.717, 1.165) is 24.1 Å². The minimum atomic E-state index is 0.0781. The molecule has 0 bridgehead atoms. The summed E-state index contributed by atoms with van der Waals surface area (Å²) in [5.74, 6) is 0.0781. The van der Waals surface area contributed by atoms with Gasteiger partial charge in [-0.05, 0) is 18.9 Å². The van der Waals surface area contributed by atoms with Crippen molar-refractivity contribution in [2.75, 3.05) is 13.6 Å². The molecule has 0 aliphatic carbocycles. The molecular weight excluding hydrogens is 162 g/mol. The zero-order valence-electron chi connectivity index (χ0n) is 8.21. The van der Waals surface area contributed by atoms with Gasteiger partial charge in [-0.2, -0.15) is 0 Å². The smallest absolute Gasteiger partial charge is 0.253 e. The maximum absolute atomic E-state index is 11.6. The van der Waals surface area contributed by atoms with Gasteiger partial charge in [-0.25, -0.2) is 0 Å². The first kappa shape index (κ1) is 9.78. The van der Waals surface area contributed by atoms with E-state index < -0.39 is 0 Å². The van der Waals surface area contributed by atoms with Crippen molar-refractivity contribution in [3.63, 3.8) is 0 Å². The van der Waals surface area contributed by atoms with E-state index in [1.807, 2.05) is 26.1 Å². The Morgan fingerprint density at radius 2 is 2.23 bits per heavy atom. The van der Waals surface area contributed by atoms with Crippen LogP contribution in [0.5, 0.6) is 0 Å². The number of carbonyl (C=O) groups is 1. The van der Waals surface area contributed by atoms with E-state index in [1.165, 1.54) is 0 Å². The van der Waals surface area contributed by atoms with Crippen LogP contribution in [0.4, 0.5) is 0 Å². The first-order chi connectivity index (χ1) is 6.20. The van der Waals surface area contributed by atoms with E-state index >= 15 is 0 Å². The summed E-state index contributed by atoms with van der Waals surface area (Å²) in [6.07, 6.45) is 6.51. The minimum absolute atomic E-state index is 0.0781. The van der Waals surface area contributed by atoms with Crippen molar-refractivity contribution < 1.29 is 4.79 Å². The average molecular weight is 177 g/mol. The number of rotatable bonds is 2. The molecule has 1 amide bonds. The first-order valence-corrected chi connectivity index (χ1v) is 4.44. The van der Waals surface area contributed by atoms with E-state index in [-0.39, 0.29) is 5.91 Å². The van der Waals surface area contributed by atoms with Crippen molar-refractivity contribution in [2.45, 2.75) is 13.3 Å². The number of hydrogen-bond donors (Lipinski definition) is 0.